The van der Waals surface area contributed by atoms with Crippen molar-refractivity contribution < 1.29 is 0 Å². The fraction of sp³-hybridized carbons (Fsp3) is 0.625. The first-order chi connectivity index (χ1) is 8.72. The summed E-state index contributed by atoms with van der Waals surface area (Å²) in [6, 6.07) is 10.5. The smallest absolute Gasteiger partial charge is 0.0370 e. The zero-order valence-electron chi connectivity index (χ0n) is 12.1. The van der Waals surface area contributed by atoms with Gasteiger partial charge in [0.1, 0.15) is 0 Å². The van der Waals surface area contributed by atoms with Crippen molar-refractivity contribution in [2.75, 3.05) is 18.0 Å². The molecule has 0 spiro atoms. The van der Waals surface area contributed by atoms with Crippen molar-refractivity contribution in [2.24, 2.45) is 0 Å². The molecule has 3 saturated heterocycles. The van der Waals surface area contributed by atoms with E-state index in [0.717, 1.165) is 12.1 Å². The topological polar surface area (TPSA) is 15.3 Å². The number of piperazine rings is 1. The van der Waals surface area contributed by atoms with Crippen molar-refractivity contribution in [3.8, 4) is 0 Å². The maximum absolute atomic E-state index is 3.57. The fourth-order valence-electron chi connectivity index (χ4n) is 2.80. The van der Waals surface area contributed by atoms with Crippen LogP contribution in [0.15, 0.2) is 24.3 Å². The Hall–Kier alpha value is -1.02. The van der Waals surface area contributed by atoms with Crippen LogP contribution in [-0.2, 0) is 0 Å². The van der Waals surface area contributed by atoms with Crippen LogP contribution in [0.4, 0.5) is 5.69 Å². The van der Waals surface area contributed by atoms with E-state index >= 15 is 0 Å². The van der Waals surface area contributed by atoms with Gasteiger partial charge < -0.3 is 10.2 Å². The van der Waals surface area contributed by atoms with E-state index in [2.05, 4.69) is 48.3 Å². The van der Waals surface area contributed by atoms with Crippen LogP contribution in [-0.4, -0.2) is 25.2 Å². The van der Waals surface area contributed by atoms with E-state index in [0.29, 0.717) is 5.92 Å². The van der Waals surface area contributed by atoms with Crippen molar-refractivity contribution in [3.63, 3.8) is 0 Å². The molecule has 3 fully saturated rings. The first-order valence-corrected chi connectivity index (χ1v) is 7.33. The van der Waals surface area contributed by atoms with Gasteiger partial charge in [0.05, 0.1) is 0 Å². The van der Waals surface area contributed by atoms with Gasteiger partial charge in [0.15, 0.2) is 0 Å². The first kappa shape index (κ1) is 13.4. The largest absolute Gasteiger partial charge is 0.368 e. The number of rotatable bonds is 2. The van der Waals surface area contributed by atoms with E-state index in [1.54, 1.807) is 0 Å². The van der Waals surface area contributed by atoms with Crippen molar-refractivity contribution in [1.82, 2.24) is 5.32 Å². The molecule has 3 aliphatic heterocycles. The van der Waals surface area contributed by atoms with Gasteiger partial charge in [-0.3, -0.25) is 0 Å². The summed E-state index contributed by atoms with van der Waals surface area (Å²) < 4.78 is 0. The Morgan fingerprint density at radius 3 is 2.33 bits per heavy atom. The highest BCUT2D eigenvalue weighted by Crippen LogP contribution is 2.28. The van der Waals surface area contributed by atoms with Crippen LogP contribution < -0.4 is 10.2 Å². The van der Waals surface area contributed by atoms with E-state index in [1.165, 1.54) is 30.8 Å². The fourth-order valence-corrected chi connectivity index (χ4v) is 2.80. The minimum Gasteiger partial charge on any atom is -0.368 e. The second kappa shape index (κ2) is 5.75. The van der Waals surface area contributed by atoms with Gasteiger partial charge in [0.25, 0.3) is 0 Å². The first-order valence-electron chi connectivity index (χ1n) is 7.33. The lowest BCUT2D eigenvalue weighted by molar-refractivity contribution is 0.226. The maximum Gasteiger partial charge on any atom is 0.0370 e. The molecule has 18 heavy (non-hydrogen) atoms. The Labute approximate surface area is 111 Å². The van der Waals surface area contributed by atoms with Gasteiger partial charge in [-0.05, 0) is 30.0 Å². The lowest BCUT2D eigenvalue weighted by Gasteiger charge is -2.49. The molecule has 1 aromatic carbocycles. The minimum absolute atomic E-state index is 0.623. The molecule has 1 aromatic rings. The summed E-state index contributed by atoms with van der Waals surface area (Å²) in [7, 11) is 0. The second-order valence-corrected chi connectivity index (χ2v) is 5.45. The molecule has 2 unspecified atom stereocenters. The Balaban J connectivity index is 0.000000574. The molecule has 0 saturated carbocycles. The van der Waals surface area contributed by atoms with Crippen LogP contribution in [0.5, 0.6) is 0 Å². The van der Waals surface area contributed by atoms with Crippen LogP contribution >= 0.6 is 0 Å². The molecule has 0 aromatic heterocycles. The number of benzene rings is 1. The number of fused-ring (bicyclic) bond motifs is 2. The van der Waals surface area contributed by atoms with Gasteiger partial charge in [-0.15, -0.1) is 0 Å². The molecule has 2 nitrogen and oxygen atoms in total. The second-order valence-electron chi connectivity index (χ2n) is 5.45. The molecule has 0 amide bonds. The summed E-state index contributed by atoms with van der Waals surface area (Å²) in [5, 5.41) is 3.57. The molecule has 3 aliphatic rings. The van der Waals surface area contributed by atoms with Crippen molar-refractivity contribution >= 4 is 5.69 Å². The van der Waals surface area contributed by atoms with Crippen LogP contribution in [0.3, 0.4) is 0 Å². The monoisotopic (exact) mass is 246 g/mol. The van der Waals surface area contributed by atoms with E-state index in [4.69, 9.17) is 0 Å². The number of nitrogens with zero attached hydrogens (tertiary/aromatic N) is 1. The average molecular weight is 246 g/mol. The summed E-state index contributed by atoms with van der Waals surface area (Å²) in [6.45, 7) is 10.9. The van der Waals surface area contributed by atoms with Crippen LogP contribution in [0.25, 0.3) is 0 Å². The summed E-state index contributed by atoms with van der Waals surface area (Å²) >= 11 is 0. The summed E-state index contributed by atoms with van der Waals surface area (Å²) in [5.41, 5.74) is 2.85. The molecule has 3 heterocycles. The average Bonchev–Trinajstić information content (AvgIpc) is 2.40. The van der Waals surface area contributed by atoms with E-state index in [1.807, 2.05) is 13.8 Å². The minimum atomic E-state index is 0.623. The van der Waals surface area contributed by atoms with Gasteiger partial charge in [0.2, 0.25) is 0 Å². The van der Waals surface area contributed by atoms with E-state index < -0.39 is 0 Å². The molecular formula is C16H26N2. The third kappa shape index (κ3) is 2.69. The van der Waals surface area contributed by atoms with Crippen LogP contribution in [0.1, 0.15) is 45.6 Å². The van der Waals surface area contributed by atoms with Gasteiger partial charge in [-0.2, -0.15) is 0 Å². The van der Waals surface area contributed by atoms with Crippen molar-refractivity contribution in [2.45, 2.75) is 52.1 Å². The summed E-state index contributed by atoms with van der Waals surface area (Å²) in [5.74, 6) is 0.623. The predicted molar refractivity (Wildman–Crippen MR) is 79.4 cm³/mol. The van der Waals surface area contributed by atoms with Crippen molar-refractivity contribution in [3.05, 3.63) is 29.8 Å². The SMILES string of the molecule is CC.CC(C)c1cccc(N2CC3CC(C2)N3)c1. The summed E-state index contributed by atoms with van der Waals surface area (Å²) in [4.78, 5) is 2.53. The molecule has 4 rings (SSSR count). The van der Waals surface area contributed by atoms with Gasteiger partial charge in [0, 0.05) is 30.9 Å². The Bertz CT molecular complexity index is 370. The van der Waals surface area contributed by atoms with Gasteiger partial charge in [-0.25, -0.2) is 0 Å². The zero-order chi connectivity index (χ0) is 13.1. The number of anilines is 1. The number of hydrogen-bond donors (Lipinski definition) is 1. The lowest BCUT2D eigenvalue weighted by atomic mass is 9.90. The van der Waals surface area contributed by atoms with E-state index in [9.17, 15) is 0 Å². The van der Waals surface area contributed by atoms with Gasteiger partial charge >= 0.3 is 0 Å². The zero-order valence-corrected chi connectivity index (χ0v) is 12.1. The normalized spacial score (nSPS) is 25.3. The van der Waals surface area contributed by atoms with E-state index in [-0.39, 0.29) is 0 Å². The molecule has 2 heteroatoms. The molecule has 2 atom stereocenters. The Morgan fingerprint density at radius 2 is 1.78 bits per heavy atom. The predicted octanol–water partition coefficient (Wildman–Crippen LogP) is 3.39. The summed E-state index contributed by atoms with van der Waals surface area (Å²) in [6.07, 6.45) is 1.38. The van der Waals surface area contributed by atoms with Crippen LogP contribution in [0, 0.1) is 0 Å². The molecule has 100 valence electrons. The Morgan fingerprint density at radius 1 is 1.17 bits per heavy atom. The Kier molecular flexibility index (Phi) is 4.28. The van der Waals surface area contributed by atoms with Crippen molar-refractivity contribution in [1.29, 1.82) is 0 Å². The molecule has 0 radical (unpaired) electrons. The maximum atomic E-state index is 3.57. The number of nitrogens with one attached hydrogen (secondary N) is 1. The molecule has 0 aliphatic carbocycles. The highest BCUT2D eigenvalue weighted by Gasteiger charge is 2.36. The standard InChI is InChI=1S/C14H20N2.C2H6/c1-10(2)11-4-3-5-14(6-11)16-8-12-7-13(9-16)15-12;1-2/h3-6,10,12-13,15H,7-9H2,1-2H3;1-2H3. The quantitative estimate of drug-likeness (QED) is 0.860. The lowest BCUT2D eigenvalue weighted by Crippen LogP contribution is -2.67. The third-order valence-electron chi connectivity index (χ3n) is 3.82. The third-order valence-corrected chi connectivity index (χ3v) is 3.82. The molecule has 2 bridgehead atoms. The number of hydrogen-bond acceptors (Lipinski definition) is 2. The highest BCUT2D eigenvalue weighted by molar-refractivity contribution is 5.50. The number of piperidine rings is 1. The van der Waals surface area contributed by atoms with Gasteiger partial charge in [-0.1, -0.05) is 39.8 Å². The molecule has 1 N–H and O–H groups in total. The van der Waals surface area contributed by atoms with Crippen LogP contribution in [0.2, 0.25) is 0 Å². The highest BCUT2D eigenvalue weighted by atomic mass is 15.3. The molecular weight excluding hydrogens is 220 g/mol.